The molecule has 0 saturated carbocycles. The minimum atomic E-state index is -0.482. The molecular weight excluding hydrogens is 299 g/mol. The van der Waals surface area contributed by atoms with Gasteiger partial charge in [0.1, 0.15) is 5.82 Å². The minimum Gasteiger partial charge on any atom is -0.335 e. The molecule has 0 aliphatic rings. The number of amides is 1. The smallest absolute Gasteiger partial charge is 0.255 e. The van der Waals surface area contributed by atoms with Crippen LogP contribution in [0.1, 0.15) is 37.0 Å². The van der Waals surface area contributed by atoms with Crippen molar-refractivity contribution in [2.45, 2.75) is 32.7 Å². The van der Waals surface area contributed by atoms with Crippen molar-refractivity contribution >= 4 is 21.8 Å². The Hall–Kier alpha value is -0.970. The summed E-state index contributed by atoms with van der Waals surface area (Å²) in [5.74, 6) is -0.640. The molecule has 1 amide bonds. The number of carbonyl (C=O) groups excluding carboxylic acids is 1. The lowest BCUT2D eigenvalue weighted by atomic mass is 10.1. The monoisotopic (exact) mass is 316 g/mol. The van der Waals surface area contributed by atoms with Gasteiger partial charge in [0, 0.05) is 24.1 Å². The van der Waals surface area contributed by atoms with Gasteiger partial charge in [-0.1, -0.05) is 29.8 Å². The van der Waals surface area contributed by atoms with Gasteiger partial charge in [0.25, 0.3) is 5.91 Å². The van der Waals surface area contributed by atoms with E-state index in [4.69, 9.17) is 0 Å². The van der Waals surface area contributed by atoms with Crippen LogP contribution in [0.25, 0.3) is 0 Å². The van der Waals surface area contributed by atoms with Crippen molar-refractivity contribution < 1.29 is 9.18 Å². The van der Waals surface area contributed by atoms with E-state index in [1.54, 1.807) is 4.90 Å². The molecule has 3 nitrogen and oxygen atoms in total. The average Bonchev–Trinajstić information content (AvgIpc) is 2.38. The van der Waals surface area contributed by atoms with Gasteiger partial charge < -0.3 is 4.90 Å². The average molecular weight is 317 g/mol. The van der Waals surface area contributed by atoms with Crippen LogP contribution in [-0.2, 0) is 0 Å². The second-order valence-electron chi connectivity index (χ2n) is 4.05. The van der Waals surface area contributed by atoms with E-state index in [-0.39, 0.29) is 11.9 Å². The predicted molar refractivity (Wildman–Crippen MR) is 73.4 cm³/mol. The first-order valence-corrected chi connectivity index (χ1v) is 7.23. The van der Waals surface area contributed by atoms with E-state index in [1.807, 2.05) is 13.8 Å². The summed E-state index contributed by atoms with van der Waals surface area (Å²) in [6, 6.07) is 1.41. The molecule has 0 aliphatic heterocycles. The number of hydrogen-bond donors (Lipinski definition) is 0. The highest BCUT2D eigenvalue weighted by Gasteiger charge is 2.22. The van der Waals surface area contributed by atoms with Gasteiger partial charge in [-0.3, -0.25) is 9.78 Å². The zero-order chi connectivity index (χ0) is 13.5. The van der Waals surface area contributed by atoms with Gasteiger partial charge in [0.2, 0.25) is 0 Å². The van der Waals surface area contributed by atoms with Crippen LogP contribution >= 0.6 is 15.9 Å². The third-order valence-electron chi connectivity index (χ3n) is 2.92. The molecule has 0 aromatic carbocycles. The SMILES string of the molecule is CCC(CC)N(CCBr)C(=O)c1cncc(F)c1. The number of halogens is 2. The van der Waals surface area contributed by atoms with E-state index in [0.717, 1.165) is 19.0 Å². The van der Waals surface area contributed by atoms with Crippen molar-refractivity contribution in [3.05, 3.63) is 29.8 Å². The lowest BCUT2D eigenvalue weighted by Crippen LogP contribution is -2.41. The first kappa shape index (κ1) is 15.1. The Morgan fingerprint density at radius 2 is 2.11 bits per heavy atom. The molecule has 0 spiro atoms. The third-order valence-corrected chi connectivity index (χ3v) is 3.28. The van der Waals surface area contributed by atoms with Crippen LogP contribution in [0.3, 0.4) is 0 Å². The van der Waals surface area contributed by atoms with E-state index >= 15 is 0 Å². The summed E-state index contributed by atoms with van der Waals surface area (Å²) in [4.78, 5) is 17.9. The Balaban J connectivity index is 2.95. The Bertz CT molecular complexity index is 396. The maximum Gasteiger partial charge on any atom is 0.255 e. The summed E-state index contributed by atoms with van der Waals surface area (Å²) in [6.07, 6.45) is 4.29. The van der Waals surface area contributed by atoms with Crippen molar-refractivity contribution in [2.24, 2.45) is 0 Å². The number of pyridine rings is 1. The van der Waals surface area contributed by atoms with E-state index < -0.39 is 5.82 Å². The molecular formula is C13H18BrFN2O. The maximum absolute atomic E-state index is 13.1. The molecule has 0 bridgehead atoms. The molecule has 0 N–H and O–H groups in total. The number of hydrogen-bond acceptors (Lipinski definition) is 2. The molecule has 18 heavy (non-hydrogen) atoms. The standard InChI is InChI=1S/C13H18BrFN2O/c1-3-12(4-2)17(6-5-14)13(18)10-7-11(15)9-16-8-10/h7-9,12H,3-6H2,1-2H3. The number of carbonyl (C=O) groups is 1. The quantitative estimate of drug-likeness (QED) is 0.755. The lowest BCUT2D eigenvalue weighted by Gasteiger charge is -2.30. The number of nitrogens with zero attached hydrogens (tertiary/aromatic N) is 2. The highest BCUT2D eigenvalue weighted by atomic mass is 79.9. The fraction of sp³-hybridized carbons (Fsp3) is 0.538. The fourth-order valence-electron chi connectivity index (χ4n) is 1.97. The second kappa shape index (κ2) is 7.46. The van der Waals surface area contributed by atoms with E-state index in [2.05, 4.69) is 20.9 Å². The first-order chi connectivity index (χ1) is 8.63. The predicted octanol–water partition coefficient (Wildman–Crippen LogP) is 3.25. The van der Waals surface area contributed by atoms with Gasteiger partial charge in [0.15, 0.2) is 0 Å². The Morgan fingerprint density at radius 3 is 2.61 bits per heavy atom. The van der Waals surface area contributed by atoms with Gasteiger partial charge in [-0.15, -0.1) is 0 Å². The molecule has 100 valence electrons. The molecule has 5 heteroatoms. The summed E-state index contributed by atoms with van der Waals surface area (Å²) in [5.41, 5.74) is 0.308. The van der Waals surface area contributed by atoms with Crippen LogP contribution in [0.5, 0.6) is 0 Å². The van der Waals surface area contributed by atoms with Gasteiger partial charge >= 0.3 is 0 Å². The third kappa shape index (κ3) is 3.77. The van der Waals surface area contributed by atoms with Crippen LogP contribution in [0.2, 0.25) is 0 Å². The zero-order valence-electron chi connectivity index (χ0n) is 10.7. The number of rotatable bonds is 6. The molecule has 0 fully saturated rings. The molecule has 1 rings (SSSR count). The van der Waals surface area contributed by atoms with Crippen LogP contribution in [0, 0.1) is 5.82 Å². The van der Waals surface area contributed by atoms with Crippen LogP contribution in [-0.4, -0.2) is 33.7 Å². The minimum absolute atomic E-state index is 0.157. The highest BCUT2D eigenvalue weighted by molar-refractivity contribution is 9.09. The van der Waals surface area contributed by atoms with Crippen LogP contribution < -0.4 is 0 Å². The summed E-state index contributed by atoms with van der Waals surface area (Å²) < 4.78 is 13.1. The van der Waals surface area contributed by atoms with E-state index in [0.29, 0.717) is 17.4 Å². The van der Waals surface area contributed by atoms with Crippen molar-refractivity contribution in [3.8, 4) is 0 Å². The van der Waals surface area contributed by atoms with Crippen LogP contribution in [0.15, 0.2) is 18.5 Å². The highest BCUT2D eigenvalue weighted by Crippen LogP contribution is 2.14. The van der Waals surface area contributed by atoms with Gasteiger partial charge in [0.05, 0.1) is 11.8 Å². The fourth-order valence-corrected chi connectivity index (χ4v) is 2.35. The summed E-state index contributed by atoms with van der Waals surface area (Å²) in [5, 5.41) is 0.706. The lowest BCUT2D eigenvalue weighted by molar-refractivity contribution is 0.0682. The molecule has 1 heterocycles. The molecule has 0 radical (unpaired) electrons. The maximum atomic E-state index is 13.1. The molecule has 0 saturated heterocycles. The van der Waals surface area contributed by atoms with E-state index in [9.17, 15) is 9.18 Å². The van der Waals surface area contributed by atoms with E-state index in [1.165, 1.54) is 12.3 Å². The largest absolute Gasteiger partial charge is 0.335 e. The summed E-state index contributed by atoms with van der Waals surface area (Å²) in [6.45, 7) is 4.71. The summed E-state index contributed by atoms with van der Waals surface area (Å²) in [7, 11) is 0. The van der Waals surface area contributed by atoms with Crippen molar-refractivity contribution in [1.29, 1.82) is 0 Å². The van der Waals surface area contributed by atoms with Crippen molar-refractivity contribution in [2.75, 3.05) is 11.9 Å². The Labute approximate surface area is 116 Å². The Morgan fingerprint density at radius 1 is 1.44 bits per heavy atom. The van der Waals surface area contributed by atoms with Crippen LogP contribution in [0.4, 0.5) is 4.39 Å². The normalized spacial score (nSPS) is 10.7. The van der Waals surface area contributed by atoms with Gasteiger partial charge in [-0.05, 0) is 18.9 Å². The molecule has 1 aromatic heterocycles. The molecule has 0 unspecified atom stereocenters. The van der Waals surface area contributed by atoms with Crippen molar-refractivity contribution in [3.63, 3.8) is 0 Å². The topological polar surface area (TPSA) is 33.2 Å². The summed E-state index contributed by atoms with van der Waals surface area (Å²) >= 11 is 3.35. The van der Waals surface area contributed by atoms with Gasteiger partial charge in [-0.25, -0.2) is 4.39 Å². The molecule has 1 aromatic rings. The second-order valence-corrected chi connectivity index (χ2v) is 4.84. The Kier molecular flexibility index (Phi) is 6.25. The zero-order valence-corrected chi connectivity index (χ0v) is 12.3. The van der Waals surface area contributed by atoms with Gasteiger partial charge in [-0.2, -0.15) is 0 Å². The first-order valence-electron chi connectivity index (χ1n) is 6.11. The number of aromatic nitrogens is 1. The van der Waals surface area contributed by atoms with Crippen molar-refractivity contribution in [1.82, 2.24) is 9.88 Å². The molecule has 0 aliphatic carbocycles. The molecule has 0 atom stereocenters. The number of alkyl halides is 1.